The van der Waals surface area contributed by atoms with Crippen LogP contribution in [0.4, 0.5) is 8.78 Å². The van der Waals surface area contributed by atoms with Gasteiger partial charge in [-0.15, -0.1) is 0 Å². The number of hydrogen-bond donors (Lipinski definition) is 0. The van der Waals surface area contributed by atoms with Crippen LogP contribution in [0.15, 0.2) is 23.1 Å². The van der Waals surface area contributed by atoms with Crippen molar-refractivity contribution in [1.82, 2.24) is 0 Å². The highest BCUT2D eigenvalue weighted by atomic mass is 35.7. The predicted molar refractivity (Wildman–Crippen MR) is 55.5 cm³/mol. The summed E-state index contributed by atoms with van der Waals surface area (Å²) in [4.78, 5) is -0.436. The highest BCUT2D eigenvalue weighted by molar-refractivity contribution is 8.13. The van der Waals surface area contributed by atoms with E-state index in [4.69, 9.17) is 10.7 Å². The summed E-state index contributed by atoms with van der Waals surface area (Å²) in [5.41, 5.74) is 0.667. The van der Waals surface area contributed by atoms with Gasteiger partial charge in [0.05, 0.1) is 0 Å². The number of halogens is 3. The normalized spacial score (nSPS) is 11.8. The van der Waals surface area contributed by atoms with Gasteiger partial charge >= 0.3 is 6.61 Å². The summed E-state index contributed by atoms with van der Waals surface area (Å²) in [5.74, 6) is -0.442. The number of benzene rings is 1. The molecule has 90 valence electrons. The van der Waals surface area contributed by atoms with Gasteiger partial charge in [-0.2, -0.15) is 8.78 Å². The highest BCUT2D eigenvalue weighted by Gasteiger charge is 2.19. The van der Waals surface area contributed by atoms with Crippen molar-refractivity contribution in [3.63, 3.8) is 0 Å². The molecule has 16 heavy (non-hydrogen) atoms. The van der Waals surface area contributed by atoms with Gasteiger partial charge in [-0.3, -0.25) is 0 Å². The molecule has 0 heterocycles. The Kier molecular flexibility index (Phi) is 4.09. The zero-order valence-corrected chi connectivity index (χ0v) is 9.86. The fraction of sp³-hybridized carbons (Fsp3) is 0.333. The zero-order chi connectivity index (χ0) is 12.3. The van der Waals surface area contributed by atoms with Crippen LogP contribution >= 0.6 is 10.7 Å². The van der Waals surface area contributed by atoms with Crippen molar-refractivity contribution in [1.29, 1.82) is 0 Å². The molecule has 0 N–H and O–H groups in total. The Morgan fingerprint density at radius 1 is 1.44 bits per heavy atom. The van der Waals surface area contributed by atoms with Crippen molar-refractivity contribution >= 4 is 19.7 Å². The van der Waals surface area contributed by atoms with Crippen LogP contribution in [-0.2, 0) is 15.5 Å². The molecule has 0 radical (unpaired) electrons. The maximum absolute atomic E-state index is 12.0. The van der Waals surface area contributed by atoms with E-state index >= 15 is 0 Å². The average Bonchev–Trinajstić information content (AvgIpc) is 2.15. The molecule has 0 aliphatic carbocycles. The lowest BCUT2D eigenvalue weighted by Crippen LogP contribution is -2.06. The molecule has 0 aliphatic heterocycles. The van der Waals surface area contributed by atoms with Gasteiger partial charge in [0.15, 0.2) is 0 Å². The first kappa shape index (κ1) is 13.2. The minimum Gasteiger partial charge on any atom is -0.433 e. The second kappa shape index (κ2) is 4.97. The van der Waals surface area contributed by atoms with Crippen molar-refractivity contribution in [3.8, 4) is 5.75 Å². The molecule has 0 unspecified atom stereocenters. The van der Waals surface area contributed by atoms with Gasteiger partial charge in [-0.05, 0) is 24.1 Å². The highest BCUT2D eigenvalue weighted by Crippen LogP contribution is 2.29. The molecular weight excluding hydrogens is 262 g/mol. The van der Waals surface area contributed by atoms with Crippen LogP contribution in [0.1, 0.15) is 12.5 Å². The number of rotatable bonds is 4. The summed E-state index contributed by atoms with van der Waals surface area (Å²) in [7, 11) is 1.03. The molecular formula is C9H9ClF2O3S. The van der Waals surface area contributed by atoms with Crippen LogP contribution in [0.25, 0.3) is 0 Å². The van der Waals surface area contributed by atoms with Crippen molar-refractivity contribution in [2.75, 3.05) is 0 Å². The number of alkyl halides is 2. The lowest BCUT2D eigenvalue weighted by atomic mass is 10.2. The molecule has 3 nitrogen and oxygen atoms in total. The largest absolute Gasteiger partial charge is 0.433 e. The van der Waals surface area contributed by atoms with E-state index in [1.165, 1.54) is 18.2 Å². The monoisotopic (exact) mass is 270 g/mol. The average molecular weight is 271 g/mol. The van der Waals surface area contributed by atoms with E-state index in [2.05, 4.69) is 4.74 Å². The van der Waals surface area contributed by atoms with E-state index in [9.17, 15) is 17.2 Å². The first-order valence-corrected chi connectivity index (χ1v) is 6.68. The molecule has 0 atom stereocenters. The van der Waals surface area contributed by atoms with E-state index < -0.39 is 26.3 Å². The maximum Gasteiger partial charge on any atom is 0.387 e. The van der Waals surface area contributed by atoms with Gasteiger partial charge in [-0.1, -0.05) is 13.0 Å². The summed E-state index contributed by atoms with van der Waals surface area (Å²) >= 11 is 0. The fourth-order valence-electron chi connectivity index (χ4n) is 1.16. The molecule has 1 rings (SSSR count). The summed E-state index contributed by atoms with van der Waals surface area (Å²) in [6.07, 6.45) is 0.564. The van der Waals surface area contributed by atoms with E-state index in [0.717, 1.165) is 0 Å². The fourth-order valence-corrected chi connectivity index (χ4v) is 2.17. The third-order valence-corrected chi connectivity index (χ3v) is 3.24. The van der Waals surface area contributed by atoms with Crippen molar-refractivity contribution < 1.29 is 21.9 Å². The summed E-state index contributed by atoms with van der Waals surface area (Å²) in [6, 6.07) is 3.89. The summed E-state index contributed by atoms with van der Waals surface area (Å²) in [6.45, 7) is -1.29. The molecule has 0 bridgehead atoms. The Morgan fingerprint density at radius 2 is 2.06 bits per heavy atom. The molecule has 1 aromatic rings. The van der Waals surface area contributed by atoms with Crippen LogP contribution in [0.2, 0.25) is 0 Å². The Bertz CT molecular complexity index is 474. The molecule has 0 aromatic heterocycles. The molecule has 0 saturated carbocycles. The van der Waals surface area contributed by atoms with Gasteiger partial charge in [0.1, 0.15) is 10.6 Å². The quantitative estimate of drug-likeness (QED) is 0.790. The van der Waals surface area contributed by atoms with Crippen LogP contribution in [-0.4, -0.2) is 15.0 Å². The SMILES string of the molecule is CCc1ccc(OC(F)F)c(S(=O)(=O)Cl)c1. The maximum atomic E-state index is 12.0. The van der Waals surface area contributed by atoms with E-state index in [-0.39, 0.29) is 0 Å². The van der Waals surface area contributed by atoms with Gasteiger partial charge in [0.25, 0.3) is 9.05 Å². The van der Waals surface area contributed by atoms with Crippen LogP contribution in [0, 0.1) is 0 Å². The molecule has 0 fully saturated rings. The van der Waals surface area contributed by atoms with Crippen molar-refractivity contribution in [2.24, 2.45) is 0 Å². The Morgan fingerprint density at radius 3 is 2.50 bits per heavy atom. The van der Waals surface area contributed by atoms with E-state index in [1.807, 2.05) is 0 Å². The third-order valence-electron chi connectivity index (χ3n) is 1.90. The molecule has 1 aromatic carbocycles. The predicted octanol–water partition coefficient (Wildman–Crippen LogP) is 2.78. The summed E-state index contributed by atoms with van der Waals surface area (Å²) in [5, 5.41) is 0. The molecule has 0 amide bonds. The minimum absolute atomic E-state index is 0.436. The smallest absolute Gasteiger partial charge is 0.387 e. The standard InChI is InChI=1S/C9H9ClF2O3S/c1-2-6-3-4-7(15-9(11)12)8(5-6)16(10,13)14/h3-5,9H,2H2,1H3. The van der Waals surface area contributed by atoms with Crippen molar-refractivity contribution in [3.05, 3.63) is 23.8 Å². The first-order chi connectivity index (χ1) is 7.34. The lowest BCUT2D eigenvalue weighted by molar-refractivity contribution is -0.0517. The van der Waals surface area contributed by atoms with Crippen LogP contribution < -0.4 is 4.74 Å². The van der Waals surface area contributed by atoms with Crippen LogP contribution in [0.3, 0.4) is 0 Å². The van der Waals surface area contributed by atoms with E-state index in [0.29, 0.717) is 12.0 Å². The Balaban J connectivity index is 3.28. The summed E-state index contributed by atoms with van der Waals surface area (Å²) < 4.78 is 50.4. The molecule has 0 saturated heterocycles. The topological polar surface area (TPSA) is 43.4 Å². The minimum atomic E-state index is -4.10. The van der Waals surface area contributed by atoms with Gasteiger partial charge in [0, 0.05) is 10.7 Å². The number of aryl methyl sites for hydroxylation is 1. The zero-order valence-electron chi connectivity index (χ0n) is 8.28. The first-order valence-electron chi connectivity index (χ1n) is 4.37. The Hall–Kier alpha value is -0.880. The van der Waals surface area contributed by atoms with Gasteiger partial charge in [0.2, 0.25) is 0 Å². The lowest BCUT2D eigenvalue weighted by Gasteiger charge is -2.09. The van der Waals surface area contributed by atoms with E-state index in [1.54, 1.807) is 6.92 Å². The Labute approximate surface area is 96.4 Å². The van der Waals surface area contributed by atoms with Gasteiger partial charge in [-0.25, -0.2) is 8.42 Å². The molecule has 0 spiro atoms. The van der Waals surface area contributed by atoms with Crippen LogP contribution in [0.5, 0.6) is 5.75 Å². The van der Waals surface area contributed by atoms with Crippen molar-refractivity contribution in [2.45, 2.75) is 24.9 Å². The second-order valence-corrected chi connectivity index (χ2v) is 5.49. The number of ether oxygens (including phenoxy) is 1. The molecule has 0 aliphatic rings. The number of hydrogen-bond acceptors (Lipinski definition) is 3. The third kappa shape index (κ3) is 3.31. The molecule has 7 heteroatoms. The van der Waals surface area contributed by atoms with Gasteiger partial charge < -0.3 is 4.74 Å². The second-order valence-electron chi connectivity index (χ2n) is 2.95.